The van der Waals surface area contributed by atoms with Crippen molar-refractivity contribution in [3.05, 3.63) is 42.2 Å². The molecule has 0 aliphatic carbocycles. The summed E-state index contributed by atoms with van der Waals surface area (Å²) in [7, 11) is 1.81. The van der Waals surface area contributed by atoms with Crippen LogP contribution in [-0.2, 0) is 4.79 Å². The fourth-order valence-corrected chi connectivity index (χ4v) is 2.95. The highest BCUT2D eigenvalue weighted by atomic mass is 19.1. The molecule has 3 aromatic rings. The Labute approximate surface area is 143 Å². The van der Waals surface area contributed by atoms with Crippen LogP contribution in [-0.4, -0.2) is 50.3 Å². The molecule has 1 aliphatic rings. The van der Waals surface area contributed by atoms with Gasteiger partial charge in [0.1, 0.15) is 11.6 Å². The van der Waals surface area contributed by atoms with E-state index in [9.17, 15) is 9.18 Å². The largest absolute Gasteiger partial charge is 0.365 e. The van der Waals surface area contributed by atoms with Crippen LogP contribution in [0.15, 0.2) is 36.4 Å². The average molecular weight is 340 g/mol. The van der Waals surface area contributed by atoms with Gasteiger partial charge in [-0.05, 0) is 30.7 Å². The highest BCUT2D eigenvalue weighted by Crippen LogP contribution is 2.22. The first-order valence-electron chi connectivity index (χ1n) is 8.09. The van der Waals surface area contributed by atoms with Crippen molar-refractivity contribution in [3.8, 4) is 11.4 Å². The summed E-state index contributed by atoms with van der Waals surface area (Å²) in [6, 6.07) is 9.97. The second-order valence-electron chi connectivity index (χ2n) is 6.14. The minimum absolute atomic E-state index is 0.0297. The predicted molar refractivity (Wildman–Crippen MR) is 90.5 cm³/mol. The highest BCUT2D eigenvalue weighted by Gasteiger charge is 2.23. The summed E-state index contributed by atoms with van der Waals surface area (Å²) >= 11 is 0. The number of anilines is 1. The number of nitrogens with one attached hydrogen (secondary N) is 1. The van der Waals surface area contributed by atoms with Gasteiger partial charge < -0.3 is 10.2 Å². The van der Waals surface area contributed by atoms with Gasteiger partial charge in [-0.15, -0.1) is 15.3 Å². The number of rotatable bonds is 3. The molecule has 0 saturated carbocycles. The molecular formula is C17H17FN6O. The summed E-state index contributed by atoms with van der Waals surface area (Å²) < 4.78 is 15.6. The molecule has 0 bridgehead atoms. The van der Waals surface area contributed by atoms with E-state index in [4.69, 9.17) is 0 Å². The zero-order valence-electron chi connectivity index (χ0n) is 13.7. The first-order valence-corrected chi connectivity index (χ1v) is 8.09. The highest BCUT2D eigenvalue weighted by molar-refractivity contribution is 5.77. The Morgan fingerprint density at radius 2 is 2.04 bits per heavy atom. The minimum Gasteiger partial charge on any atom is -0.365 e. The molecule has 3 heterocycles. The quantitative estimate of drug-likeness (QED) is 0.789. The summed E-state index contributed by atoms with van der Waals surface area (Å²) in [5.74, 6) is 0.683. The van der Waals surface area contributed by atoms with E-state index in [0.717, 1.165) is 6.42 Å². The van der Waals surface area contributed by atoms with Crippen molar-refractivity contribution in [3.63, 3.8) is 0 Å². The molecule has 1 saturated heterocycles. The van der Waals surface area contributed by atoms with Crippen LogP contribution in [0.2, 0.25) is 0 Å². The summed E-state index contributed by atoms with van der Waals surface area (Å²) in [6.07, 6.45) is 1.28. The number of carbonyl (C=O) groups is 1. The van der Waals surface area contributed by atoms with Crippen molar-refractivity contribution < 1.29 is 9.18 Å². The monoisotopic (exact) mass is 340 g/mol. The third-order valence-corrected chi connectivity index (χ3v) is 4.39. The number of likely N-dealkylation sites (tertiary alicyclic amines) is 1. The van der Waals surface area contributed by atoms with Crippen molar-refractivity contribution in [1.29, 1.82) is 0 Å². The summed E-state index contributed by atoms with van der Waals surface area (Å²) in [6.45, 7) is 0.714. The van der Waals surface area contributed by atoms with E-state index in [0.29, 0.717) is 35.8 Å². The van der Waals surface area contributed by atoms with E-state index >= 15 is 0 Å². The average Bonchev–Trinajstić information content (AvgIpc) is 3.02. The first-order chi connectivity index (χ1) is 12.1. The van der Waals surface area contributed by atoms with Crippen LogP contribution in [0.5, 0.6) is 0 Å². The van der Waals surface area contributed by atoms with E-state index in [2.05, 4.69) is 20.6 Å². The van der Waals surface area contributed by atoms with Crippen LogP contribution in [0.3, 0.4) is 0 Å². The van der Waals surface area contributed by atoms with Gasteiger partial charge >= 0.3 is 0 Å². The molecule has 2 aromatic heterocycles. The molecule has 7 nitrogen and oxygen atoms in total. The number of hydrogen-bond donors (Lipinski definition) is 1. The molecule has 8 heteroatoms. The van der Waals surface area contributed by atoms with E-state index < -0.39 is 0 Å². The van der Waals surface area contributed by atoms with E-state index in [-0.39, 0.29) is 17.8 Å². The lowest BCUT2D eigenvalue weighted by atomic mass is 10.1. The van der Waals surface area contributed by atoms with Gasteiger partial charge in [0.15, 0.2) is 11.5 Å². The van der Waals surface area contributed by atoms with Crippen molar-refractivity contribution in [2.45, 2.75) is 18.9 Å². The lowest BCUT2D eigenvalue weighted by Crippen LogP contribution is -2.41. The van der Waals surface area contributed by atoms with E-state index in [1.54, 1.807) is 42.3 Å². The zero-order valence-corrected chi connectivity index (χ0v) is 13.7. The number of nitrogens with zero attached hydrogens (tertiary/aromatic N) is 5. The van der Waals surface area contributed by atoms with Gasteiger partial charge in [-0.3, -0.25) is 4.79 Å². The minimum atomic E-state index is -0.377. The Bertz CT molecular complexity index is 940. The van der Waals surface area contributed by atoms with Crippen LogP contribution in [0.4, 0.5) is 10.2 Å². The first kappa shape index (κ1) is 15.5. The van der Waals surface area contributed by atoms with Gasteiger partial charge in [-0.1, -0.05) is 12.1 Å². The van der Waals surface area contributed by atoms with Crippen molar-refractivity contribution >= 4 is 17.4 Å². The number of fused-ring (bicyclic) bond motifs is 1. The maximum atomic E-state index is 14.1. The lowest BCUT2D eigenvalue weighted by Gasteiger charge is -2.29. The van der Waals surface area contributed by atoms with Crippen LogP contribution < -0.4 is 5.32 Å². The SMILES string of the molecule is CN1CCC(Nc2ccc3nnc(-c4ccccc4F)n3n2)CC1=O. The number of benzene rings is 1. The van der Waals surface area contributed by atoms with E-state index in [1.807, 2.05) is 0 Å². The van der Waals surface area contributed by atoms with Crippen molar-refractivity contribution in [1.82, 2.24) is 24.7 Å². The molecule has 1 atom stereocenters. The van der Waals surface area contributed by atoms with Crippen molar-refractivity contribution in [2.24, 2.45) is 0 Å². The fourth-order valence-electron chi connectivity index (χ4n) is 2.95. The summed E-state index contributed by atoms with van der Waals surface area (Å²) in [5.41, 5.74) is 0.873. The summed E-state index contributed by atoms with van der Waals surface area (Å²) in [4.78, 5) is 13.6. The molecule has 0 spiro atoms. The van der Waals surface area contributed by atoms with Gasteiger partial charge in [0, 0.05) is 26.1 Å². The third kappa shape index (κ3) is 2.90. The molecule has 1 aliphatic heterocycles. The third-order valence-electron chi connectivity index (χ3n) is 4.39. The summed E-state index contributed by atoms with van der Waals surface area (Å²) in [5, 5.41) is 15.9. The van der Waals surface area contributed by atoms with Crippen LogP contribution in [0.1, 0.15) is 12.8 Å². The Morgan fingerprint density at radius 3 is 2.84 bits per heavy atom. The lowest BCUT2D eigenvalue weighted by molar-refractivity contribution is -0.132. The molecule has 1 unspecified atom stereocenters. The number of amides is 1. The number of halogens is 1. The van der Waals surface area contributed by atoms with E-state index in [1.165, 1.54) is 10.6 Å². The Balaban J connectivity index is 1.65. The van der Waals surface area contributed by atoms with Crippen LogP contribution >= 0.6 is 0 Å². The standard InChI is InChI=1S/C17H17FN6O/c1-23-9-8-11(10-16(23)25)19-14-6-7-15-20-21-17(24(15)22-14)12-4-2-3-5-13(12)18/h2-7,11H,8-10H2,1H3,(H,19,22). The molecule has 1 aromatic carbocycles. The molecule has 1 amide bonds. The smallest absolute Gasteiger partial charge is 0.224 e. The number of aromatic nitrogens is 4. The van der Waals surface area contributed by atoms with Gasteiger partial charge in [0.05, 0.1) is 5.56 Å². The van der Waals surface area contributed by atoms with Gasteiger partial charge in [-0.2, -0.15) is 4.52 Å². The zero-order chi connectivity index (χ0) is 17.4. The molecular weight excluding hydrogens is 323 g/mol. The Morgan fingerprint density at radius 1 is 1.20 bits per heavy atom. The van der Waals surface area contributed by atoms with Gasteiger partial charge in [-0.25, -0.2) is 4.39 Å². The topological polar surface area (TPSA) is 75.4 Å². The van der Waals surface area contributed by atoms with Gasteiger partial charge in [0.2, 0.25) is 5.91 Å². The predicted octanol–water partition coefficient (Wildman–Crippen LogP) is 1.96. The second-order valence-corrected chi connectivity index (χ2v) is 6.14. The molecule has 1 fully saturated rings. The number of carbonyl (C=O) groups excluding carboxylic acids is 1. The molecule has 128 valence electrons. The van der Waals surface area contributed by atoms with Gasteiger partial charge in [0.25, 0.3) is 0 Å². The number of hydrogen-bond acceptors (Lipinski definition) is 5. The maximum absolute atomic E-state index is 14.1. The normalized spacial score (nSPS) is 17.9. The fraction of sp³-hybridized carbons (Fsp3) is 0.294. The molecule has 4 rings (SSSR count). The molecule has 0 radical (unpaired) electrons. The number of piperidine rings is 1. The van der Waals surface area contributed by atoms with Crippen LogP contribution in [0, 0.1) is 5.82 Å². The van der Waals surface area contributed by atoms with Crippen molar-refractivity contribution in [2.75, 3.05) is 18.9 Å². The molecule has 1 N–H and O–H groups in total. The Kier molecular flexibility index (Phi) is 3.79. The second kappa shape index (κ2) is 6.12. The molecule has 25 heavy (non-hydrogen) atoms. The van der Waals surface area contributed by atoms with Crippen LogP contribution in [0.25, 0.3) is 17.0 Å². The maximum Gasteiger partial charge on any atom is 0.224 e. The Hall–Kier alpha value is -3.03.